The zero-order chi connectivity index (χ0) is 17.3. The Balaban J connectivity index is 1.36. The highest BCUT2D eigenvalue weighted by Crippen LogP contribution is 2.46. The van der Waals surface area contributed by atoms with Crippen molar-refractivity contribution in [3.63, 3.8) is 0 Å². The molecule has 25 heavy (non-hydrogen) atoms. The third kappa shape index (κ3) is 3.58. The van der Waals surface area contributed by atoms with Crippen molar-refractivity contribution in [3.8, 4) is 11.5 Å². The Bertz CT molecular complexity index is 786. The first-order chi connectivity index (χ1) is 12.1. The van der Waals surface area contributed by atoms with Gasteiger partial charge in [-0.25, -0.2) is 4.98 Å². The van der Waals surface area contributed by atoms with E-state index in [1.54, 1.807) is 0 Å². The van der Waals surface area contributed by atoms with Gasteiger partial charge < -0.3 is 14.8 Å². The number of aryl methyl sites for hydroxylation is 1. The van der Waals surface area contributed by atoms with Gasteiger partial charge in [0, 0.05) is 24.6 Å². The van der Waals surface area contributed by atoms with Gasteiger partial charge in [0.25, 0.3) is 5.79 Å². The largest absolute Gasteiger partial charge is 0.448 e. The summed E-state index contributed by atoms with van der Waals surface area (Å²) in [6.45, 7) is 1.82. The fourth-order valence-corrected chi connectivity index (χ4v) is 3.82. The second-order valence-corrected chi connectivity index (χ2v) is 7.32. The lowest BCUT2D eigenvalue weighted by atomic mass is 9.94. The van der Waals surface area contributed by atoms with Crippen molar-refractivity contribution >= 4 is 23.4 Å². The molecule has 1 amide bonds. The van der Waals surface area contributed by atoms with E-state index in [0.29, 0.717) is 16.6 Å². The summed E-state index contributed by atoms with van der Waals surface area (Å²) in [5, 5.41) is 10.2. The monoisotopic (exact) mass is 360 g/mol. The predicted octanol–water partition coefficient (Wildman–Crippen LogP) is 3.28. The van der Waals surface area contributed by atoms with Crippen LogP contribution in [0, 0.1) is 6.92 Å². The SMILES string of the molecule is Cc1nc(SCC(=O)Nc2ccc3c(c2)OC2(CCCCC2)O3)n[nH]1. The maximum absolute atomic E-state index is 12.1. The van der Waals surface area contributed by atoms with E-state index in [1.807, 2.05) is 25.1 Å². The molecule has 2 aliphatic rings. The van der Waals surface area contributed by atoms with E-state index in [0.717, 1.165) is 37.3 Å². The molecule has 1 aromatic heterocycles. The number of thioether (sulfide) groups is 1. The number of anilines is 1. The van der Waals surface area contributed by atoms with E-state index in [2.05, 4.69) is 20.5 Å². The van der Waals surface area contributed by atoms with Gasteiger partial charge in [-0.15, -0.1) is 5.10 Å². The van der Waals surface area contributed by atoms with Crippen LogP contribution < -0.4 is 14.8 Å². The zero-order valence-corrected chi connectivity index (χ0v) is 14.8. The lowest BCUT2D eigenvalue weighted by molar-refractivity contribution is -0.113. The van der Waals surface area contributed by atoms with Gasteiger partial charge in [-0.05, 0) is 31.9 Å². The molecule has 1 spiro atoms. The van der Waals surface area contributed by atoms with Crippen LogP contribution in [0.1, 0.15) is 37.9 Å². The molecule has 0 bridgehead atoms. The van der Waals surface area contributed by atoms with Crippen LogP contribution in [0.4, 0.5) is 5.69 Å². The van der Waals surface area contributed by atoms with Gasteiger partial charge in [0.15, 0.2) is 11.5 Å². The molecule has 0 radical (unpaired) electrons. The number of nitrogens with one attached hydrogen (secondary N) is 2. The number of aromatic amines is 1. The Labute approximate surface area is 149 Å². The molecule has 0 unspecified atom stereocenters. The van der Waals surface area contributed by atoms with Gasteiger partial charge in [0.2, 0.25) is 11.1 Å². The fraction of sp³-hybridized carbons (Fsp3) is 0.471. The molecule has 2 aromatic rings. The summed E-state index contributed by atoms with van der Waals surface area (Å²) in [6, 6.07) is 5.53. The highest BCUT2D eigenvalue weighted by Gasteiger charge is 2.42. The summed E-state index contributed by atoms with van der Waals surface area (Å²) in [5.41, 5.74) is 0.701. The molecule has 1 aliphatic heterocycles. The summed E-state index contributed by atoms with van der Waals surface area (Å²) in [5.74, 6) is 1.83. The highest BCUT2D eigenvalue weighted by atomic mass is 32.2. The number of hydrogen-bond donors (Lipinski definition) is 2. The third-order valence-electron chi connectivity index (χ3n) is 4.34. The van der Waals surface area contributed by atoms with Gasteiger partial charge in [0.05, 0.1) is 5.75 Å². The van der Waals surface area contributed by atoms with Crippen molar-refractivity contribution in [3.05, 3.63) is 24.0 Å². The fourth-order valence-electron chi connectivity index (χ4n) is 3.18. The average molecular weight is 360 g/mol. The van der Waals surface area contributed by atoms with Crippen LogP contribution in [0.25, 0.3) is 0 Å². The van der Waals surface area contributed by atoms with Crippen LogP contribution in [-0.2, 0) is 4.79 Å². The smallest absolute Gasteiger partial charge is 0.251 e. The van der Waals surface area contributed by atoms with Crippen molar-refractivity contribution in [2.45, 2.75) is 50.0 Å². The van der Waals surface area contributed by atoms with E-state index in [4.69, 9.17) is 9.47 Å². The first-order valence-corrected chi connectivity index (χ1v) is 9.44. The maximum Gasteiger partial charge on any atom is 0.251 e. The first-order valence-electron chi connectivity index (χ1n) is 8.46. The number of rotatable bonds is 4. The number of hydrogen-bond acceptors (Lipinski definition) is 6. The topological polar surface area (TPSA) is 89.1 Å². The summed E-state index contributed by atoms with van der Waals surface area (Å²) in [6.07, 6.45) is 5.30. The average Bonchev–Trinajstić information content (AvgIpc) is 3.16. The molecule has 8 heteroatoms. The van der Waals surface area contributed by atoms with E-state index < -0.39 is 5.79 Å². The quantitative estimate of drug-likeness (QED) is 0.814. The number of nitrogens with zero attached hydrogens (tertiary/aromatic N) is 2. The van der Waals surface area contributed by atoms with E-state index in [-0.39, 0.29) is 11.7 Å². The number of carbonyl (C=O) groups is 1. The molecular formula is C17H20N4O3S. The number of ether oxygens (including phenoxy) is 2. The molecule has 0 atom stereocenters. The first kappa shape index (κ1) is 16.3. The molecule has 1 saturated carbocycles. The van der Waals surface area contributed by atoms with Crippen molar-refractivity contribution in [1.82, 2.24) is 15.2 Å². The molecule has 2 N–H and O–H groups in total. The number of H-pyrrole nitrogens is 1. The Morgan fingerprint density at radius 3 is 2.84 bits per heavy atom. The van der Waals surface area contributed by atoms with E-state index in [1.165, 1.54) is 18.2 Å². The molecule has 0 saturated heterocycles. The van der Waals surface area contributed by atoms with E-state index >= 15 is 0 Å². The molecule has 4 rings (SSSR count). The minimum Gasteiger partial charge on any atom is -0.448 e. The maximum atomic E-state index is 12.1. The summed E-state index contributed by atoms with van der Waals surface area (Å²) in [4.78, 5) is 16.3. The molecule has 1 aromatic carbocycles. The van der Waals surface area contributed by atoms with Crippen molar-refractivity contribution in [2.75, 3.05) is 11.1 Å². The van der Waals surface area contributed by atoms with Gasteiger partial charge >= 0.3 is 0 Å². The summed E-state index contributed by atoms with van der Waals surface area (Å²) in [7, 11) is 0. The number of carbonyl (C=O) groups excluding carboxylic acids is 1. The van der Waals surface area contributed by atoms with E-state index in [9.17, 15) is 4.79 Å². The molecule has 1 fully saturated rings. The second-order valence-electron chi connectivity index (χ2n) is 6.38. The highest BCUT2D eigenvalue weighted by molar-refractivity contribution is 7.99. The van der Waals surface area contributed by atoms with Crippen LogP contribution in [0.2, 0.25) is 0 Å². The Morgan fingerprint density at radius 2 is 2.08 bits per heavy atom. The Hall–Kier alpha value is -2.22. The van der Waals surface area contributed by atoms with Gasteiger partial charge in [-0.2, -0.15) is 0 Å². The van der Waals surface area contributed by atoms with Crippen LogP contribution in [-0.4, -0.2) is 32.6 Å². The van der Waals surface area contributed by atoms with Crippen molar-refractivity contribution in [2.24, 2.45) is 0 Å². The third-order valence-corrected chi connectivity index (χ3v) is 5.19. The van der Waals surface area contributed by atoms with Crippen LogP contribution in [0.3, 0.4) is 0 Å². The molecule has 2 heterocycles. The number of fused-ring (bicyclic) bond motifs is 1. The molecule has 132 valence electrons. The minimum atomic E-state index is -0.497. The van der Waals surface area contributed by atoms with Crippen molar-refractivity contribution < 1.29 is 14.3 Å². The van der Waals surface area contributed by atoms with Crippen LogP contribution in [0.5, 0.6) is 11.5 Å². The second kappa shape index (κ2) is 6.59. The van der Waals surface area contributed by atoms with Gasteiger partial charge in [-0.1, -0.05) is 18.2 Å². The van der Waals surface area contributed by atoms with Gasteiger partial charge in [0.1, 0.15) is 5.82 Å². The van der Waals surface area contributed by atoms with Crippen LogP contribution in [0.15, 0.2) is 23.4 Å². The van der Waals surface area contributed by atoms with Gasteiger partial charge in [-0.3, -0.25) is 9.89 Å². The number of amides is 1. The molecule has 7 nitrogen and oxygen atoms in total. The summed E-state index contributed by atoms with van der Waals surface area (Å²) < 4.78 is 12.1. The molecule has 1 aliphatic carbocycles. The zero-order valence-electron chi connectivity index (χ0n) is 14.0. The Kier molecular flexibility index (Phi) is 4.29. The normalized spacial score (nSPS) is 17.6. The summed E-state index contributed by atoms with van der Waals surface area (Å²) >= 11 is 1.29. The number of aromatic nitrogens is 3. The minimum absolute atomic E-state index is 0.112. The molecular weight excluding hydrogens is 340 g/mol. The lowest BCUT2D eigenvalue weighted by Gasteiger charge is -2.31. The Morgan fingerprint density at radius 1 is 1.28 bits per heavy atom. The standard InChI is InChI=1S/C17H20N4O3S/c1-11-18-16(21-20-11)25-10-15(22)19-12-5-6-13-14(9-12)24-17(23-13)7-3-2-4-8-17/h5-6,9H,2-4,7-8,10H2,1H3,(H,19,22)(H,18,20,21). The lowest BCUT2D eigenvalue weighted by Crippen LogP contribution is -2.40. The van der Waals surface area contributed by atoms with Crippen LogP contribution >= 0.6 is 11.8 Å². The predicted molar refractivity (Wildman–Crippen MR) is 94.0 cm³/mol. The van der Waals surface area contributed by atoms with Crippen molar-refractivity contribution in [1.29, 1.82) is 0 Å². The number of benzene rings is 1.